The number of phenolic OH excluding ortho intramolecular Hbond substituents is 1. The largest absolute Gasteiger partial charge is 0.508 e. The maximum atomic E-state index is 12.3. The Morgan fingerprint density at radius 2 is 1.90 bits per heavy atom. The number of sulfone groups is 1. The topological polar surface area (TPSA) is 101 Å². The molecule has 3 N–H and O–H groups in total. The molecule has 1 aliphatic heterocycles. The summed E-state index contributed by atoms with van der Waals surface area (Å²) in [6.45, 7) is 0.645. The summed E-state index contributed by atoms with van der Waals surface area (Å²) in [6.07, 6.45) is 0.822. The molecule has 1 aromatic carbocycles. The van der Waals surface area contributed by atoms with Crippen LogP contribution in [-0.2, 0) is 21.1 Å². The Kier molecular flexibility index (Phi) is 4.84. The predicted octanol–water partition coefficient (Wildman–Crippen LogP) is -0.0909. The van der Waals surface area contributed by atoms with Gasteiger partial charge in [-0.05, 0) is 30.5 Å². The average Bonchev–Trinajstić information content (AvgIpc) is 2.61. The van der Waals surface area contributed by atoms with Crippen molar-refractivity contribution < 1.29 is 18.3 Å². The van der Waals surface area contributed by atoms with Gasteiger partial charge in [-0.1, -0.05) is 12.1 Å². The molecule has 1 saturated heterocycles. The van der Waals surface area contributed by atoms with Crippen LogP contribution in [0.25, 0.3) is 0 Å². The van der Waals surface area contributed by atoms with Crippen molar-refractivity contribution >= 4 is 15.7 Å². The van der Waals surface area contributed by atoms with Gasteiger partial charge in [0.1, 0.15) is 5.75 Å². The number of phenols is 1. The SMILES string of the molecule is N[C@H](Cc1ccc(O)cc1)C(=O)N1CCCS(=O)(=O)CC1. The molecular weight excluding hydrogens is 292 g/mol. The third kappa shape index (κ3) is 4.44. The summed E-state index contributed by atoms with van der Waals surface area (Å²) in [5, 5.41) is 9.22. The summed E-state index contributed by atoms with van der Waals surface area (Å²) in [5.74, 6) is 0.0748. The van der Waals surface area contributed by atoms with E-state index in [1.54, 1.807) is 24.3 Å². The highest BCUT2D eigenvalue weighted by Crippen LogP contribution is 2.12. The molecule has 0 aromatic heterocycles. The first-order valence-electron chi connectivity index (χ1n) is 6.90. The number of carbonyl (C=O) groups excluding carboxylic acids is 1. The van der Waals surface area contributed by atoms with Crippen LogP contribution in [0.1, 0.15) is 12.0 Å². The van der Waals surface area contributed by atoms with Crippen molar-refractivity contribution in [2.45, 2.75) is 18.9 Å². The highest BCUT2D eigenvalue weighted by molar-refractivity contribution is 7.91. The summed E-state index contributed by atoms with van der Waals surface area (Å²) < 4.78 is 23.1. The van der Waals surface area contributed by atoms with Gasteiger partial charge in [-0.3, -0.25) is 4.79 Å². The molecule has 1 atom stereocenters. The zero-order valence-electron chi connectivity index (χ0n) is 11.7. The van der Waals surface area contributed by atoms with Crippen LogP contribution in [0.5, 0.6) is 5.75 Å². The summed E-state index contributed by atoms with van der Waals surface area (Å²) >= 11 is 0. The molecular formula is C14H20N2O4S. The van der Waals surface area contributed by atoms with Gasteiger partial charge in [0.15, 0.2) is 9.84 Å². The van der Waals surface area contributed by atoms with Crippen molar-refractivity contribution in [2.24, 2.45) is 5.73 Å². The number of nitrogens with two attached hydrogens (primary N) is 1. The molecule has 0 saturated carbocycles. The molecule has 0 radical (unpaired) electrons. The Labute approximate surface area is 124 Å². The molecule has 21 heavy (non-hydrogen) atoms. The molecule has 1 aliphatic rings. The molecule has 1 aromatic rings. The lowest BCUT2D eigenvalue weighted by Gasteiger charge is -2.23. The minimum Gasteiger partial charge on any atom is -0.508 e. The fourth-order valence-electron chi connectivity index (χ4n) is 2.37. The van der Waals surface area contributed by atoms with Crippen LogP contribution < -0.4 is 5.73 Å². The standard InChI is InChI=1S/C14H20N2O4S/c15-13(10-11-2-4-12(17)5-3-11)14(18)16-6-1-8-21(19,20)9-7-16/h2-5,13,17H,1,6-10,15H2/t13-/m1/s1. The normalized spacial score (nSPS) is 19.8. The molecule has 7 heteroatoms. The van der Waals surface area contributed by atoms with Crippen molar-refractivity contribution in [1.29, 1.82) is 0 Å². The lowest BCUT2D eigenvalue weighted by Crippen LogP contribution is -2.46. The molecule has 0 unspecified atom stereocenters. The van der Waals surface area contributed by atoms with Crippen molar-refractivity contribution in [3.63, 3.8) is 0 Å². The predicted molar refractivity (Wildman–Crippen MR) is 79.6 cm³/mol. The Bertz CT molecular complexity index is 598. The van der Waals surface area contributed by atoms with E-state index in [1.807, 2.05) is 0 Å². The Morgan fingerprint density at radius 3 is 2.57 bits per heavy atom. The summed E-state index contributed by atoms with van der Waals surface area (Å²) in [4.78, 5) is 13.8. The van der Waals surface area contributed by atoms with E-state index in [4.69, 9.17) is 5.73 Å². The maximum Gasteiger partial charge on any atom is 0.239 e. The minimum atomic E-state index is -3.04. The van der Waals surface area contributed by atoms with Gasteiger partial charge in [0.2, 0.25) is 5.91 Å². The van der Waals surface area contributed by atoms with Crippen LogP contribution in [0.4, 0.5) is 0 Å². The highest BCUT2D eigenvalue weighted by atomic mass is 32.2. The second kappa shape index (κ2) is 6.44. The van der Waals surface area contributed by atoms with E-state index in [2.05, 4.69) is 0 Å². The van der Waals surface area contributed by atoms with E-state index in [0.717, 1.165) is 5.56 Å². The number of carbonyl (C=O) groups is 1. The van der Waals surface area contributed by atoms with E-state index in [0.29, 0.717) is 19.4 Å². The first-order valence-corrected chi connectivity index (χ1v) is 8.72. The van der Waals surface area contributed by atoms with Crippen molar-refractivity contribution in [1.82, 2.24) is 4.90 Å². The Hall–Kier alpha value is -1.60. The van der Waals surface area contributed by atoms with Crippen LogP contribution in [0, 0.1) is 0 Å². The maximum absolute atomic E-state index is 12.3. The fourth-order valence-corrected chi connectivity index (χ4v) is 3.64. The van der Waals surface area contributed by atoms with Crippen molar-refractivity contribution in [3.8, 4) is 5.75 Å². The number of rotatable bonds is 3. The molecule has 2 rings (SSSR count). The lowest BCUT2D eigenvalue weighted by molar-refractivity contribution is -0.132. The summed E-state index contributed by atoms with van der Waals surface area (Å²) in [5.41, 5.74) is 6.79. The van der Waals surface area contributed by atoms with Crippen LogP contribution in [0.2, 0.25) is 0 Å². The van der Waals surface area contributed by atoms with Crippen LogP contribution in [0.15, 0.2) is 24.3 Å². The van der Waals surface area contributed by atoms with Crippen LogP contribution in [-0.4, -0.2) is 55.0 Å². The van der Waals surface area contributed by atoms with Crippen LogP contribution >= 0.6 is 0 Å². The van der Waals surface area contributed by atoms with Gasteiger partial charge >= 0.3 is 0 Å². The zero-order chi connectivity index (χ0) is 15.5. The number of benzene rings is 1. The van der Waals surface area contributed by atoms with Crippen molar-refractivity contribution in [3.05, 3.63) is 29.8 Å². The molecule has 1 heterocycles. The highest BCUT2D eigenvalue weighted by Gasteiger charge is 2.26. The van der Waals surface area contributed by atoms with E-state index in [9.17, 15) is 18.3 Å². The zero-order valence-corrected chi connectivity index (χ0v) is 12.6. The van der Waals surface area contributed by atoms with Gasteiger partial charge in [0.05, 0.1) is 17.5 Å². The molecule has 0 spiro atoms. The Balaban J connectivity index is 1.97. The third-order valence-corrected chi connectivity index (χ3v) is 5.29. The average molecular weight is 312 g/mol. The summed E-state index contributed by atoms with van der Waals surface area (Å²) in [7, 11) is -3.04. The third-order valence-electron chi connectivity index (χ3n) is 3.58. The first kappa shape index (κ1) is 15.8. The Morgan fingerprint density at radius 1 is 1.24 bits per heavy atom. The second-order valence-electron chi connectivity index (χ2n) is 5.31. The molecule has 6 nitrogen and oxygen atoms in total. The van der Waals surface area contributed by atoms with Gasteiger partial charge in [-0.2, -0.15) is 0 Å². The van der Waals surface area contributed by atoms with Gasteiger partial charge in [-0.25, -0.2) is 8.42 Å². The molecule has 0 bridgehead atoms. The molecule has 0 aliphatic carbocycles. The fraction of sp³-hybridized carbons (Fsp3) is 0.500. The van der Waals surface area contributed by atoms with Gasteiger partial charge in [0, 0.05) is 13.1 Å². The lowest BCUT2D eigenvalue weighted by atomic mass is 10.1. The monoisotopic (exact) mass is 312 g/mol. The van der Waals surface area contributed by atoms with E-state index < -0.39 is 15.9 Å². The van der Waals surface area contributed by atoms with Gasteiger partial charge in [0.25, 0.3) is 0 Å². The number of aromatic hydroxyl groups is 1. The first-order chi connectivity index (χ1) is 9.87. The number of hydrogen-bond donors (Lipinski definition) is 2. The number of nitrogens with zero attached hydrogens (tertiary/aromatic N) is 1. The van der Waals surface area contributed by atoms with E-state index >= 15 is 0 Å². The summed E-state index contributed by atoms with van der Waals surface area (Å²) in [6, 6.07) is 5.83. The number of hydrogen-bond acceptors (Lipinski definition) is 5. The number of amides is 1. The van der Waals surface area contributed by atoms with Crippen LogP contribution in [0.3, 0.4) is 0 Å². The van der Waals surface area contributed by atoms with Gasteiger partial charge in [-0.15, -0.1) is 0 Å². The van der Waals surface area contributed by atoms with Crippen molar-refractivity contribution in [2.75, 3.05) is 24.6 Å². The van der Waals surface area contributed by atoms with E-state index in [1.165, 1.54) is 4.90 Å². The van der Waals surface area contributed by atoms with Gasteiger partial charge < -0.3 is 15.7 Å². The minimum absolute atomic E-state index is 0.00463. The molecule has 1 fully saturated rings. The van der Waals surface area contributed by atoms with E-state index in [-0.39, 0.29) is 29.7 Å². The second-order valence-corrected chi connectivity index (χ2v) is 7.61. The quantitative estimate of drug-likeness (QED) is 0.812. The molecule has 1 amide bonds. The molecule has 116 valence electrons. The smallest absolute Gasteiger partial charge is 0.239 e.